The van der Waals surface area contributed by atoms with E-state index in [9.17, 15) is 10.1 Å². The molecule has 0 saturated heterocycles. The van der Waals surface area contributed by atoms with Crippen molar-refractivity contribution in [3.63, 3.8) is 0 Å². The standard InChI is InChI=1S/C26H20Cl2N2O6/c1-32-20-9-13(10-21(33-2)24(20)34-3)26(31)35-14-7-8-15-19(11-14)36-25(30)16(12-29)22(15)23-17(27)5-4-6-18(23)28/h4-11,22H,30H2,1-3H3. The molecule has 0 saturated carbocycles. The van der Waals surface area contributed by atoms with Crippen molar-refractivity contribution in [2.45, 2.75) is 5.92 Å². The molecule has 0 fully saturated rings. The highest BCUT2D eigenvalue weighted by Crippen LogP contribution is 2.47. The molecular formula is C26H20Cl2N2O6. The molecule has 184 valence electrons. The van der Waals surface area contributed by atoms with Gasteiger partial charge in [0.15, 0.2) is 11.5 Å². The van der Waals surface area contributed by atoms with Crippen LogP contribution in [0.5, 0.6) is 28.7 Å². The summed E-state index contributed by atoms with van der Waals surface area (Å²) in [7, 11) is 4.36. The number of nitriles is 1. The van der Waals surface area contributed by atoms with Gasteiger partial charge in [-0.3, -0.25) is 0 Å². The van der Waals surface area contributed by atoms with E-state index in [4.69, 9.17) is 52.6 Å². The molecule has 0 spiro atoms. The van der Waals surface area contributed by atoms with Gasteiger partial charge in [-0.15, -0.1) is 0 Å². The van der Waals surface area contributed by atoms with Crippen LogP contribution in [0.25, 0.3) is 0 Å². The van der Waals surface area contributed by atoms with Crippen molar-refractivity contribution >= 4 is 29.2 Å². The Bertz CT molecular complexity index is 1390. The van der Waals surface area contributed by atoms with Crippen molar-refractivity contribution in [3.8, 4) is 34.8 Å². The number of hydrogen-bond acceptors (Lipinski definition) is 8. The number of carbonyl (C=O) groups is 1. The second-order valence-corrected chi connectivity index (χ2v) is 8.38. The quantitative estimate of drug-likeness (QED) is 0.332. The van der Waals surface area contributed by atoms with Crippen LogP contribution < -0.4 is 29.4 Å². The molecule has 0 radical (unpaired) electrons. The van der Waals surface area contributed by atoms with E-state index in [0.717, 1.165) is 0 Å². The summed E-state index contributed by atoms with van der Waals surface area (Å²) in [5.41, 5.74) is 7.52. The summed E-state index contributed by atoms with van der Waals surface area (Å²) in [6.07, 6.45) is 0. The molecule has 0 amide bonds. The lowest BCUT2D eigenvalue weighted by Gasteiger charge is -2.27. The number of carbonyl (C=O) groups excluding carboxylic acids is 1. The molecule has 0 aliphatic carbocycles. The van der Waals surface area contributed by atoms with E-state index in [1.807, 2.05) is 0 Å². The molecule has 2 N–H and O–H groups in total. The van der Waals surface area contributed by atoms with Gasteiger partial charge in [0.25, 0.3) is 0 Å². The maximum Gasteiger partial charge on any atom is 0.343 e. The fraction of sp³-hybridized carbons (Fsp3) is 0.154. The summed E-state index contributed by atoms with van der Waals surface area (Å²) in [5, 5.41) is 10.5. The van der Waals surface area contributed by atoms with Gasteiger partial charge in [-0.1, -0.05) is 35.3 Å². The Hall–Kier alpha value is -4.06. The van der Waals surface area contributed by atoms with Crippen molar-refractivity contribution in [1.29, 1.82) is 5.26 Å². The molecule has 1 aliphatic heterocycles. The lowest BCUT2D eigenvalue weighted by atomic mass is 9.83. The second-order valence-electron chi connectivity index (χ2n) is 7.56. The molecule has 36 heavy (non-hydrogen) atoms. The number of hydrogen-bond donors (Lipinski definition) is 1. The fourth-order valence-corrected chi connectivity index (χ4v) is 4.56. The van der Waals surface area contributed by atoms with Gasteiger partial charge in [-0.25, -0.2) is 4.79 Å². The Morgan fingerprint density at radius 1 is 1.00 bits per heavy atom. The summed E-state index contributed by atoms with van der Waals surface area (Å²) in [6, 6.07) is 14.9. The first-order valence-electron chi connectivity index (χ1n) is 10.5. The van der Waals surface area contributed by atoms with Crippen LogP contribution in [-0.4, -0.2) is 27.3 Å². The number of nitrogens with two attached hydrogens (primary N) is 1. The largest absolute Gasteiger partial charge is 0.493 e. The van der Waals surface area contributed by atoms with E-state index in [0.29, 0.717) is 44.2 Å². The maximum absolute atomic E-state index is 12.9. The monoisotopic (exact) mass is 526 g/mol. The highest BCUT2D eigenvalue weighted by molar-refractivity contribution is 6.36. The van der Waals surface area contributed by atoms with Gasteiger partial charge in [0.05, 0.1) is 32.8 Å². The second kappa shape index (κ2) is 10.3. The Kier molecular flexibility index (Phi) is 7.15. The predicted molar refractivity (Wildman–Crippen MR) is 133 cm³/mol. The summed E-state index contributed by atoms with van der Waals surface area (Å²) in [6.45, 7) is 0. The summed E-state index contributed by atoms with van der Waals surface area (Å²) in [5.74, 6) is -0.000226. The molecule has 8 nitrogen and oxygen atoms in total. The number of nitrogens with zero attached hydrogens (tertiary/aromatic N) is 1. The third-order valence-electron chi connectivity index (χ3n) is 5.59. The number of benzene rings is 3. The number of halogens is 2. The first kappa shape index (κ1) is 25.0. The van der Waals surface area contributed by atoms with Crippen LogP contribution >= 0.6 is 23.2 Å². The van der Waals surface area contributed by atoms with Gasteiger partial charge >= 0.3 is 5.97 Å². The van der Waals surface area contributed by atoms with Gasteiger partial charge in [0.1, 0.15) is 23.1 Å². The van der Waals surface area contributed by atoms with Crippen molar-refractivity contribution in [1.82, 2.24) is 0 Å². The van der Waals surface area contributed by atoms with Crippen LogP contribution in [0, 0.1) is 11.3 Å². The molecule has 3 aromatic carbocycles. The van der Waals surface area contributed by atoms with Crippen LogP contribution in [0.4, 0.5) is 0 Å². The minimum Gasteiger partial charge on any atom is -0.493 e. The molecule has 0 aromatic heterocycles. The lowest BCUT2D eigenvalue weighted by molar-refractivity contribution is 0.0733. The zero-order valence-corrected chi connectivity index (χ0v) is 20.9. The first-order chi connectivity index (χ1) is 17.3. The summed E-state index contributed by atoms with van der Waals surface area (Å²) >= 11 is 12.9. The summed E-state index contributed by atoms with van der Waals surface area (Å²) in [4.78, 5) is 12.9. The normalized spacial score (nSPS) is 14.3. The Balaban J connectivity index is 1.71. The van der Waals surface area contributed by atoms with Crippen LogP contribution in [0.15, 0.2) is 60.0 Å². The molecule has 1 heterocycles. The van der Waals surface area contributed by atoms with Gasteiger partial charge in [0.2, 0.25) is 11.6 Å². The van der Waals surface area contributed by atoms with E-state index in [1.54, 1.807) is 30.3 Å². The number of fused-ring (bicyclic) bond motifs is 1. The first-order valence-corrected chi connectivity index (χ1v) is 11.3. The van der Waals surface area contributed by atoms with E-state index >= 15 is 0 Å². The molecule has 4 rings (SSSR count). The highest BCUT2D eigenvalue weighted by Gasteiger charge is 2.33. The van der Waals surface area contributed by atoms with Crippen LogP contribution in [0.2, 0.25) is 10.0 Å². The minimum atomic E-state index is -0.670. The van der Waals surface area contributed by atoms with Gasteiger partial charge in [0, 0.05) is 27.2 Å². The smallest absolute Gasteiger partial charge is 0.343 e. The van der Waals surface area contributed by atoms with Gasteiger partial charge in [-0.2, -0.15) is 5.26 Å². The Labute approximate surface area is 217 Å². The molecule has 1 unspecified atom stereocenters. The van der Waals surface area contributed by atoms with Crippen LogP contribution in [0.3, 0.4) is 0 Å². The van der Waals surface area contributed by atoms with Crippen LogP contribution in [-0.2, 0) is 0 Å². The zero-order valence-electron chi connectivity index (χ0n) is 19.4. The number of allylic oxidation sites excluding steroid dienone is 1. The number of methoxy groups -OCH3 is 3. The third kappa shape index (κ3) is 4.47. The number of esters is 1. The zero-order chi connectivity index (χ0) is 26.0. The fourth-order valence-electron chi connectivity index (χ4n) is 3.95. The molecule has 1 aliphatic rings. The van der Waals surface area contributed by atoms with E-state index < -0.39 is 11.9 Å². The van der Waals surface area contributed by atoms with Crippen molar-refractivity contribution in [3.05, 3.63) is 86.7 Å². The van der Waals surface area contributed by atoms with Crippen molar-refractivity contribution in [2.75, 3.05) is 21.3 Å². The third-order valence-corrected chi connectivity index (χ3v) is 6.25. The number of rotatable bonds is 6. The SMILES string of the molecule is COc1cc(C(=O)Oc2ccc3c(c2)OC(N)=C(C#N)C3c2c(Cl)cccc2Cl)cc(OC)c1OC. The van der Waals surface area contributed by atoms with Crippen LogP contribution in [0.1, 0.15) is 27.4 Å². The average Bonchev–Trinajstić information content (AvgIpc) is 2.87. The Morgan fingerprint density at radius 3 is 2.19 bits per heavy atom. The van der Waals surface area contributed by atoms with E-state index in [-0.39, 0.29) is 22.8 Å². The average molecular weight is 527 g/mol. The van der Waals surface area contributed by atoms with Gasteiger partial charge in [-0.05, 0) is 30.3 Å². The topological polar surface area (TPSA) is 113 Å². The summed E-state index contributed by atoms with van der Waals surface area (Å²) < 4.78 is 27.2. The minimum absolute atomic E-state index is 0.0981. The van der Waals surface area contributed by atoms with E-state index in [1.165, 1.54) is 39.5 Å². The maximum atomic E-state index is 12.9. The van der Waals surface area contributed by atoms with E-state index in [2.05, 4.69) is 6.07 Å². The molecule has 1 atom stereocenters. The predicted octanol–water partition coefficient (Wildman–Crippen LogP) is 5.46. The molecule has 0 bridgehead atoms. The van der Waals surface area contributed by atoms with Crippen molar-refractivity contribution in [2.24, 2.45) is 5.73 Å². The Morgan fingerprint density at radius 2 is 1.64 bits per heavy atom. The molecule has 3 aromatic rings. The lowest BCUT2D eigenvalue weighted by Crippen LogP contribution is -2.21. The molecular weight excluding hydrogens is 507 g/mol. The molecule has 10 heteroatoms. The van der Waals surface area contributed by atoms with Gasteiger partial charge < -0.3 is 29.4 Å². The number of ether oxygens (including phenoxy) is 5. The van der Waals surface area contributed by atoms with Crippen molar-refractivity contribution < 1.29 is 28.5 Å². The highest BCUT2D eigenvalue weighted by atomic mass is 35.5.